The number of hydrogen-bond acceptors (Lipinski definition) is 3. The smallest absolute Gasteiger partial charge is 0.0242 e. The number of thiophene rings is 1. The van der Waals surface area contributed by atoms with Gasteiger partial charge in [0.05, 0.1) is 0 Å². The van der Waals surface area contributed by atoms with E-state index in [4.69, 9.17) is 0 Å². The van der Waals surface area contributed by atoms with E-state index in [0.29, 0.717) is 0 Å². The van der Waals surface area contributed by atoms with E-state index in [1.54, 1.807) is 11.3 Å². The predicted molar refractivity (Wildman–Crippen MR) is 85.8 cm³/mol. The van der Waals surface area contributed by atoms with Gasteiger partial charge in [-0.15, -0.1) is 0 Å². The fourth-order valence-electron chi connectivity index (χ4n) is 2.45. The first-order chi connectivity index (χ1) is 9.79. The molecule has 0 bridgehead atoms. The molecule has 2 aromatic rings. The molecule has 0 atom stereocenters. The second-order valence-corrected chi connectivity index (χ2v) is 6.56. The lowest BCUT2D eigenvalue weighted by Crippen LogP contribution is -2.18. The summed E-state index contributed by atoms with van der Waals surface area (Å²) in [5.41, 5.74) is 4.21. The van der Waals surface area contributed by atoms with Gasteiger partial charge in [0.2, 0.25) is 0 Å². The number of benzene rings is 1. The topological polar surface area (TPSA) is 15.3 Å². The molecule has 1 aromatic heterocycles. The molecular formula is C17H22N2S. The summed E-state index contributed by atoms with van der Waals surface area (Å²) in [6, 6.07) is 11.9. The highest BCUT2D eigenvalue weighted by Gasteiger charge is 2.19. The average Bonchev–Trinajstić information content (AvgIpc) is 3.14. The molecule has 1 aliphatic rings. The van der Waals surface area contributed by atoms with Crippen LogP contribution in [0.25, 0.3) is 0 Å². The second-order valence-electron chi connectivity index (χ2n) is 5.78. The van der Waals surface area contributed by atoms with Crippen molar-refractivity contribution in [3.8, 4) is 0 Å². The van der Waals surface area contributed by atoms with Crippen molar-refractivity contribution in [1.29, 1.82) is 0 Å². The average molecular weight is 286 g/mol. The van der Waals surface area contributed by atoms with Crippen molar-refractivity contribution >= 4 is 11.3 Å². The van der Waals surface area contributed by atoms with E-state index in [9.17, 15) is 0 Å². The van der Waals surface area contributed by atoms with Gasteiger partial charge in [-0.2, -0.15) is 11.3 Å². The van der Waals surface area contributed by atoms with Crippen LogP contribution < -0.4 is 5.32 Å². The van der Waals surface area contributed by atoms with Crippen molar-refractivity contribution in [3.63, 3.8) is 0 Å². The molecule has 0 aliphatic heterocycles. The summed E-state index contributed by atoms with van der Waals surface area (Å²) in [5, 5.41) is 7.95. The molecule has 1 N–H and O–H groups in total. The molecule has 0 unspecified atom stereocenters. The molecule has 0 radical (unpaired) electrons. The molecule has 3 rings (SSSR count). The zero-order valence-electron chi connectivity index (χ0n) is 12.0. The monoisotopic (exact) mass is 286 g/mol. The van der Waals surface area contributed by atoms with Crippen molar-refractivity contribution in [2.45, 2.75) is 38.5 Å². The first-order valence-corrected chi connectivity index (χ1v) is 8.25. The zero-order chi connectivity index (χ0) is 13.8. The molecule has 1 fully saturated rings. The minimum atomic E-state index is 0.778. The highest BCUT2D eigenvalue weighted by Crippen LogP contribution is 2.19. The van der Waals surface area contributed by atoms with E-state index < -0.39 is 0 Å². The quantitative estimate of drug-likeness (QED) is 0.836. The fraction of sp³-hybridized carbons (Fsp3) is 0.412. The summed E-state index contributed by atoms with van der Waals surface area (Å²) < 4.78 is 0. The summed E-state index contributed by atoms with van der Waals surface area (Å²) >= 11 is 1.77. The summed E-state index contributed by atoms with van der Waals surface area (Å²) in [6.07, 6.45) is 2.70. The number of hydrogen-bond donors (Lipinski definition) is 1. The van der Waals surface area contributed by atoms with E-state index in [0.717, 1.165) is 25.7 Å². The molecule has 1 aliphatic carbocycles. The lowest BCUT2D eigenvalue weighted by Gasteiger charge is -2.16. The SMILES string of the molecule is CN(Cc1ccsc1)Cc1cccc(CNC2CC2)c1. The Kier molecular flexibility index (Phi) is 4.51. The second kappa shape index (κ2) is 6.53. The molecule has 1 heterocycles. The van der Waals surface area contributed by atoms with Crippen LogP contribution in [0.5, 0.6) is 0 Å². The highest BCUT2D eigenvalue weighted by atomic mass is 32.1. The van der Waals surface area contributed by atoms with Gasteiger partial charge in [-0.1, -0.05) is 24.3 Å². The van der Waals surface area contributed by atoms with Crippen molar-refractivity contribution in [2.24, 2.45) is 0 Å². The van der Waals surface area contributed by atoms with Crippen LogP contribution >= 0.6 is 11.3 Å². The number of rotatable bonds is 7. The maximum absolute atomic E-state index is 3.58. The molecule has 0 amide bonds. The molecule has 20 heavy (non-hydrogen) atoms. The lowest BCUT2D eigenvalue weighted by atomic mass is 10.1. The van der Waals surface area contributed by atoms with Crippen LogP contribution in [0, 0.1) is 0 Å². The van der Waals surface area contributed by atoms with Crippen molar-refractivity contribution in [3.05, 3.63) is 57.8 Å². The van der Waals surface area contributed by atoms with E-state index in [1.807, 2.05) is 0 Å². The largest absolute Gasteiger partial charge is 0.310 e. The van der Waals surface area contributed by atoms with E-state index >= 15 is 0 Å². The van der Waals surface area contributed by atoms with E-state index in [2.05, 4.69) is 58.4 Å². The van der Waals surface area contributed by atoms with Crippen LogP contribution in [0.2, 0.25) is 0 Å². The van der Waals surface area contributed by atoms with Gasteiger partial charge in [-0.05, 0) is 53.4 Å². The van der Waals surface area contributed by atoms with Crippen LogP contribution in [0.4, 0.5) is 0 Å². The van der Waals surface area contributed by atoms with Gasteiger partial charge in [0.1, 0.15) is 0 Å². The first-order valence-electron chi connectivity index (χ1n) is 7.30. The lowest BCUT2D eigenvalue weighted by molar-refractivity contribution is 0.319. The molecule has 1 aromatic carbocycles. The standard InChI is InChI=1S/C17H22N2S/c1-19(12-16-7-8-20-13-16)11-15-4-2-3-14(9-15)10-18-17-5-6-17/h2-4,7-9,13,17-18H,5-6,10-12H2,1H3. The van der Waals surface area contributed by atoms with Gasteiger partial charge >= 0.3 is 0 Å². The number of nitrogens with one attached hydrogen (secondary N) is 1. The maximum Gasteiger partial charge on any atom is 0.0242 e. The van der Waals surface area contributed by atoms with Crippen LogP contribution in [0.3, 0.4) is 0 Å². The first kappa shape index (κ1) is 13.8. The Bertz CT molecular complexity index is 532. The molecular weight excluding hydrogens is 264 g/mol. The van der Waals surface area contributed by atoms with Crippen LogP contribution in [-0.2, 0) is 19.6 Å². The molecule has 3 heteroatoms. The summed E-state index contributed by atoms with van der Waals surface area (Å²) in [6.45, 7) is 3.04. The molecule has 0 saturated heterocycles. The van der Waals surface area contributed by atoms with Gasteiger partial charge < -0.3 is 5.32 Å². The molecule has 1 saturated carbocycles. The van der Waals surface area contributed by atoms with Gasteiger partial charge in [-0.3, -0.25) is 4.90 Å². The van der Waals surface area contributed by atoms with Crippen LogP contribution in [-0.4, -0.2) is 18.0 Å². The van der Waals surface area contributed by atoms with E-state index in [-0.39, 0.29) is 0 Å². The minimum Gasteiger partial charge on any atom is -0.310 e. The Hall–Kier alpha value is -1.16. The predicted octanol–water partition coefficient (Wildman–Crippen LogP) is 3.63. The molecule has 0 spiro atoms. The third-order valence-corrected chi connectivity index (χ3v) is 4.38. The van der Waals surface area contributed by atoms with Gasteiger partial charge in [0.25, 0.3) is 0 Å². The van der Waals surface area contributed by atoms with Crippen LogP contribution in [0.1, 0.15) is 29.5 Å². The Balaban J connectivity index is 1.54. The minimum absolute atomic E-state index is 0.778. The number of nitrogens with zero attached hydrogens (tertiary/aromatic N) is 1. The maximum atomic E-state index is 3.58. The van der Waals surface area contributed by atoms with Gasteiger partial charge in [0, 0.05) is 25.7 Å². The Morgan fingerprint density at radius 2 is 1.95 bits per heavy atom. The fourth-order valence-corrected chi connectivity index (χ4v) is 3.11. The summed E-state index contributed by atoms with van der Waals surface area (Å²) in [7, 11) is 2.19. The Labute approximate surface area is 125 Å². The third kappa shape index (κ3) is 4.17. The summed E-state index contributed by atoms with van der Waals surface area (Å²) in [4.78, 5) is 2.37. The summed E-state index contributed by atoms with van der Waals surface area (Å²) in [5.74, 6) is 0. The van der Waals surface area contributed by atoms with E-state index in [1.165, 1.54) is 29.5 Å². The van der Waals surface area contributed by atoms with Crippen molar-refractivity contribution in [1.82, 2.24) is 10.2 Å². The third-order valence-electron chi connectivity index (χ3n) is 3.65. The normalized spacial score (nSPS) is 14.9. The molecule has 106 valence electrons. The zero-order valence-corrected chi connectivity index (χ0v) is 12.8. The van der Waals surface area contributed by atoms with Crippen molar-refractivity contribution < 1.29 is 0 Å². The molecule has 2 nitrogen and oxygen atoms in total. The van der Waals surface area contributed by atoms with Gasteiger partial charge in [-0.25, -0.2) is 0 Å². The highest BCUT2D eigenvalue weighted by molar-refractivity contribution is 7.07. The van der Waals surface area contributed by atoms with Crippen molar-refractivity contribution in [2.75, 3.05) is 7.05 Å². The Morgan fingerprint density at radius 3 is 2.70 bits per heavy atom. The Morgan fingerprint density at radius 1 is 1.15 bits per heavy atom. The van der Waals surface area contributed by atoms with Gasteiger partial charge in [0.15, 0.2) is 0 Å². The van der Waals surface area contributed by atoms with Crippen LogP contribution in [0.15, 0.2) is 41.1 Å².